The van der Waals surface area contributed by atoms with Crippen molar-refractivity contribution in [2.24, 2.45) is 0 Å². The lowest BCUT2D eigenvalue weighted by molar-refractivity contribution is 1.14. The van der Waals surface area contributed by atoms with Crippen molar-refractivity contribution in [3.05, 3.63) is 18.3 Å². The maximum Gasteiger partial charge on any atom is 0.126 e. The molecule has 0 unspecified atom stereocenters. The molecule has 0 saturated heterocycles. The Morgan fingerprint density at radius 1 is 1.70 bits per heavy atom. The molecule has 54 valence electrons. The first-order chi connectivity index (χ1) is 4.83. The van der Waals surface area contributed by atoms with Crippen molar-refractivity contribution in [2.75, 3.05) is 11.9 Å². The fourth-order valence-corrected chi connectivity index (χ4v) is 0.886. The van der Waals surface area contributed by atoms with Crippen LogP contribution < -0.4 is 5.32 Å². The molecular formula is C7H10N2S. The number of pyridine rings is 1. The summed E-state index contributed by atoms with van der Waals surface area (Å²) in [5.74, 6) is 0.884. The molecule has 0 radical (unpaired) electrons. The van der Waals surface area contributed by atoms with Gasteiger partial charge in [-0.3, -0.25) is 0 Å². The van der Waals surface area contributed by atoms with E-state index in [1.54, 1.807) is 6.20 Å². The molecule has 0 spiro atoms. The minimum Gasteiger partial charge on any atom is -0.370 e. The van der Waals surface area contributed by atoms with Crippen LogP contribution in [0.4, 0.5) is 5.82 Å². The van der Waals surface area contributed by atoms with E-state index >= 15 is 0 Å². The van der Waals surface area contributed by atoms with Crippen molar-refractivity contribution in [3.63, 3.8) is 0 Å². The van der Waals surface area contributed by atoms with Gasteiger partial charge in [0.25, 0.3) is 0 Å². The zero-order valence-electron chi connectivity index (χ0n) is 5.83. The second-order valence-electron chi connectivity index (χ2n) is 1.93. The zero-order valence-corrected chi connectivity index (χ0v) is 6.73. The number of hydrogen-bond acceptors (Lipinski definition) is 3. The van der Waals surface area contributed by atoms with Crippen LogP contribution in [0.2, 0.25) is 0 Å². The summed E-state index contributed by atoms with van der Waals surface area (Å²) in [4.78, 5) is 5.01. The lowest BCUT2D eigenvalue weighted by atomic mass is 10.4. The first kappa shape index (κ1) is 7.41. The van der Waals surface area contributed by atoms with Crippen LogP contribution >= 0.6 is 12.6 Å². The second kappa shape index (κ2) is 3.46. The third-order valence-corrected chi connectivity index (χ3v) is 1.38. The Morgan fingerprint density at radius 2 is 2.50 bits per heavy atom. The number of nitrogens with one attached hydrogen (secondary N) is 1. The summed E-state index contributed by atoms with van der Waals surface area (Å²) in [6.07, 6.45) is 1.74. The molecule has 0 atom stereocenters. The van der Waals surface area contributed by atoms with Crippen LogP contribution in [0, 0.1) is 0 Å². The molecular weight excluding hydrogens is 144 g/mol. The van der Waals surface area contributed by atoms with Crippen LogP contribution in [-0.2, 0) is 0 Å². The van der Waals surface area contributed by atoms with Crippen molar-refractivity contribution >= 4 is 18.4 Å². The third-order valence-electron chi connectivity index (χ3n) is 1.10. The summed E-state index contributed by atoms with van der Waals surface area (Å²) < 4.78 is 0. The van der Waals surface area contributed by atoms with Crippen molar-refractivity contribution in [2.45, 2.75) is 11.8 Å². The molecule has 1 N–H and O–H groups in total. The monoisotopic (exact) mass is 154 g/mol. The molecule has 0 aromatic carbocycles. The lowest BCUT2D eigenvalue weighted by Crippen LogP contribution is -1.97. The highest BCUT2D eigenvalue weighted by Crippen LogP contribution is 2.08. The first-order valence-corrected chi connectivity index (χ1v) is 3.66. The van der Waals surface area contributed by atoms with Crippen LogP contribution in [0.5, 0.6) is 0 Å². The summed E-state index contributed by atoms with van der Waals surface area (Å²) in [6, 6.07) is 3.75. The molecule has 3 heteroatoms. The molecule has 1 aromatic rings. The molecule has 2 nitrogen and oxygen atoms in total. The lowest BCUT2D eigenvalue weighted by Gasteiger charge is -2.00. The van der Waals surface area contributed by atoms with Gasteiger partial charge in [0.2, 0.25) is 0 Å². The molecule has 0 fully saturated rings. The Balaban J connectivity index is 2.75. The van der Waals surface area contributed by atoms with Gasteiger partial charge in [-0.1, -0.05) is 0 Å². The minimum absolute atomic E-state index is 0.884. The van der Waals surface area contributed by atoms with E-state index in [9.17, 15) is 0 Å². The molecule has 0 bridgehead atoms. The van der Waals surface area contributed by atoms with Crippen LogP contribution in [0.3, 0.4) is 0 Å². The summed E-state index contributed by atoms with van der Waals surface area (Å²) in [6.45, 7) is 2.93. The van der Waals surface area contributed by atoms with E-state index in [-0.39, 0.29) is 0 Å². The standard InChI is InChI=1S/C7H10N2S/c1-2-8-7-5-6(10)3-4-9-7/h3-5H,2H2,1H3,(H2,8,9,10). The van der Waals surface area contributed by atoms with Crippen LogP contribution in [0.25, 0.3) is 0 Å². The predicted octanol–water partition coefficient (Wildman–Crippen LogP) is 1.80. The van der Waals surface area contributed by atoms with E-state index in [4.69, 9.17) is 0 Å². The van der Waals surface area contributed by atoms with Gasteiger partial charge in [-0.25, -0.2) is 4.98 Å². The van der Waals surface area contributed by atoms with E-state index in [1.807, 2.05) is 19.1 Å². The van der Waals surface area contributed by atoms with E-state index in [0.717, 1.165) is 17.3 Å². The highest BCUT2D eigenvalue weighted by atomic mass is 32.1. The van der Waals surface area contributed by atoms with Gasteiger partial charge in [-0.05, 0) is 19.1 Å². The Bertz CT molecular complexity index is 213. The third kappa shape index (κ3) is 1.92. The average molecular weight is 154 g/mol. The largest absolute Gasteiger partial charge is 0.370 e. The molecule has 0 aliphatic rings. The fourth-order valence-electron chi connectivity index (χ4n) is 0.697. The first-order valence-electron chi connectivity index (χ1n) is 3.22. The number of anilines is 1. The molecule has 1 aromatic heterocycles. The maximum absolute atomic E-state index is 4.17. The average Bonchev–Trinajstić information content (AvgIpc) is 1.88. The van der Waals surface area contributed by atoms with E-state index < -0.39 is 0 Å². The fraction of sp³-hybridized carbons (Fsp3) is 0.286. The Hall–Kier alpha value is -0.700. The van der Waals surface area contributed by atoms with Gasteiger partial charge < -0.3 is 5.32 Å². The summed E-state index contributed by atoms with van der Waals surface area (Å²) in [5.41, 5.74) is 0. The molecule has 1 rings (SSSR count). The Kier molecular flexibility index (Phi) is 2.57. The summed E-state index contributed by atoms with van der Waals surface area (Å²) in [5, 5.41) is 3.09. The summed E-state index contributed by atoms with van der Waals surface area (Å²) in [7, 11) is 0. The SMILES string of the molecule is CCNc1cc(S)ccn1. The van der Waals surface area contributed by atoms with Crippen molar-refractivity contribution in [1.82, 2.24) is 4.98 Å². The Morgan fingerprint density at radius 3 is 3.10 bits per heavy atom. The number of hydrogen-bond donors (Lipinski definition) is 2. The van der Waals surface area contributed by atoms with Crippen LogP contribution in [0.15, 0.2) is 23.2 Å². The van der Waals surface area contributed by atoms with Gasteiger partial charge in [-0.2, -0.15) is 0 Å². The van der Waals surface area contributed by atoms with Gasteiger partial charge >= 0.3 is 0 Å². The molecule has 1 heterocycles. The number of aromatic nitrogens is 1. The van der Waals surface area contributed by atoms with Gasteiger partial charge in [0, 0.05) is 17.6 Å². The van der Waals surface area contributed by atoms with Gasteiger partial charge in [0.1, 0.15) is 5.82 Å². The quantitative estimate of drug-likeness (QED) is 0.635. The number of thiol groups is 1. The maximum atomic E-state index is 4.17. The number of nitrogens with zero attached hydrogens (tertiary/aromatic N) is 1. The topological polar surface area (TPSA) is 24.9 Å². The van der Waals surface area contributed by atoms with Crippen LogP contribution in [0.1, 0.15) is 6.92 Å². The van der Waals surface area contributed by atoms with Crippen molar-refractivity contribution in [3.8, 4) is 0 Å². The van der Waals surface area contributed by atoms with Gasteiger partial charge in [0.15, 0.2) is 0 Å². The zero-order chi connectivity index (χ0) is 7.40. The van der Waals surface area contributed by atoms with E-state index in [1.165, 1.54) is 0 Å². The van der Waals surface area contributed by atoms with Gasteiger partial charge in [-0.15, -0.1) is 12.6 Å². The smallest absolute Gasteiger partial charge is 0.126 e. The van der Waals surface area contributed by atoms with Crippen molar-refractivity contribution in [1.29, 1.82) is 0 Å². The highest BCUT2D eigenvalue weighted by molar-refractivity contribution is 7.80. The van der Waals surface area contributed by atoms with Crippen LogP contribution in [-0.4, -0.2) is 11.5 Å². The molecule has 10 heavy (non-hydrogen) atoms. The molecule has 0 aliphatic heterocycles. The second-order valence-corrected chi connectivity index (χ2v) is 2.45. The van der Waals surface area contributed by atoms with Crippen molar-refractivity contribution < 1.29 is 0 Å². The Labute approximate surface area is 66.1 Å². The minimum atomic E-state index is 0.884. The normalized spacial score (nSPS) is 9.40. The highest BCUT2D eigenvalue weighted by Gasteiger charge is 1.89. The number of rotatable bonds is 2. The van der Waals surface area contributed by atoms with E-state index in [2.05, 4.69) is 22.9 Å². The predicted molar refractivity (Wildman–Crippen MR) is 45.7 cm³/mol. The molecule has 0 amide bonds. The molecule has 0 aliphatic carbocycles. The molecule has 0 saturated carbocycles. The summed E-state index contributed by atoms with van der Waals surface area (Å²) >= 11 is 4.17. The van der Waals surface area contributed by atoms with E-state index in [0.29, 0.717) is 0 Å². The van der Waals surface area contributed by atoms with Gasteiger partial charge in [0.05, 0.1) is 0 Å².